The van der Waals surface area contributed by atoms with Crippen molar-refractivity contribution in [3.05, 3.63) is 0 Å². The molecule has 0 fully saturated rings. The Morgan fingerprint density at radius 3 is 2.36 bits per heavy atom. The van der Waals surface area contributed by atoms with Crippen LogP contribution in [0.3, 0.4) is 0 Å². The quantitative estimate of drug-likeness (QED) is 0.656. The van der Waals surface area contributed by atoms with Crippen LogP contribution >= 0.6 is 0 Å². The van der Waals surface area contributed by atoms with Crippen LogP contribution in [0, 0.1) is 0 Å². The lowest BCUT2D eigenvalue weighted by Crippen LogP contribution is -2.39. The Morgan fingerprint density at radius 1 is 1.55 bits per heavy atom. The molecule has 0 saturated carbocycles. The Balaban J connectivity index is 3.99. The molecule has 0 heterocycles. The van der Waals surface area contributed by atoms with Gasteiger partial charge in [-0.25, -0.2) is 4.39 Å². The van der Waals surface area contributed by atoms with Gasteiger partial charge in [0.15, 0.2) is 5.67 Å². The summed E-state index contributed by atoms with van der Waals surface area (Å²) in [5.41, 5.74) is 3.14. The summed E-state index contributed by atoms with van der Waals surface area (Å²) in [4.78, 5) is 10.6. The van der Waals surface area contributed by atoms with E-state index in [1.54, 1.807) is 6.92 Å². The van der Waals surface area contributed by atoms with Crippen molar-refractivity contribution in [1.82, 2.24) is 0 Å². The molecule has 3 heteroatoms. The predicted octanol–water partition coefficient (Wildman–Crippen LogP) is 1.78. The summed E-state index contributed by atoms with van der Waals surface area (Å²) in [6.07, 6.45) is 2.05. The van der Waals surface area contributed by atoms with Crippen molar-refractivity contribution in [2.45, 2.75) is 45.2 Å². The largest absolute Gasteiger partial charge is 0.367 e. The summed E-state index contributed by atoms with van der Waals surface area (Å²) in [6.45, 7) is 3.59. The summed E-state index contributed by atoms with van der Waals surface area (Å²) in [5, 5.41) is 0. The number of rotatable bonds is 5. The van der Waals surface area contributed by atoms with Gasteiger partial charge in [-0.3, -0.25) is 4.79 Å². The Kier molecular flexibility index (Phi) is 4.08. The van der Waals surface area contributed by atoms with E-state index in [0.29, 0.717) is 6.42 Å². The standard InChI is InChI=1S/C8H16FNO/c1-3-5-6-8(9,4-2)7(10)11/h3-6H2,1-2H3,(H2,10,11). The highest BCUT2D eigenvalue weighted by Gasteiger charge is 2.33. The third kappa shape index (κ3) is 2.87. The zero-order valence-corrected chi connectivity index (χ0v) is 7.19. The van der Waals surface area contributed by atoms with E-state index in [-0.39, 0.29) is 12.8 Å². The SMILES string of the molecule is CCCCC(F)(CC)C(N)=O. The monoisotopic (exact) mass is 161 g/mol. The number of alkyl halides is 1. The average molecular weight is 161 g/mol. The second kappa shape index (κ2) is 4.31. The van der Waals surface area contributed by atoms with Gasteiger partial charge >= 0.3 is 0 Å². The van der Waals surface area contributed by atoms with Gasteiger partial charge in [-0.15, -0.1) is 0 Å². The van der Waals surface area contributed by atoms with Gasteiger partial charge in [0.25, 0.3) is 5.91 Å². The molecule has 2 N–H and O–H groups in total. The summed E-state index contributed by atoms with van der Waals surface area (Å²) in [7, 11) is 0. The van der Waals surface area contributed by atoms with Gasteiger partial charge in [-0.05, 0) is 19.3 Å². The van der Waals surface area contributed by atoms with Crippen molar-refractivity contribution in [3.8, 4) is 0 Å². The molecule has 0 bridgehead atoms. The second-order valence-corrected chi connectivity index (χ2v) is 2.79. The molecular formula is C8H16FNO. The second-order valence-electron chi connectivity index (χ2n) is 2.79. The maximum Gasteiger partial charge on any atom is 0.255 e. The van der Waals surface area contributed by atoms with Crippen molar-refractivity contribution in [2.24, 2.45) is 5.73 Å². The van der Waals surface area contributed by atoms with E-state index >= 15 is 0 Å². The lowest BCUT2D eigenvalue weighted by molar-refractivity contribution is -0.130. The maximum absolute atomic E-state index is 13.4. The van der Waals surface area contributed by atoms with Gasteiger partial charge in [-0.2, -0.15) is 0 Å². The molecule has 0 aliphatic carbocycles. The van der Waals surface area contributed by atoms with Crippen LogP contribution in [0.25, 0.3) is 0 Å². The molecule has 0 aromatic rings. The molecule has 0 aromatic carbocycles. The Labute approximate surface area is 67.0 Å². The third-order valence-electron chi connectivity index (χ3n) is 1.93. The van der Waals surface area contributed by atoms with Gasteiger partial charge < -0.3 is 5.73 Å². The molecule has 1 unspecified atom stereocenters. The molecule has 0 saturated heterocycles. The van der Waals surface area contributed by atoms with Crippen LogP contribution in [0.15, 0.2) is 0 Å². The molecule has 1 amide bonds. The van der Waals surface area contributed by atoms with Crippen molar-refractivity contribution in [1.29, 1.82) is 0 Å². The molecule has 0 rings (SSSR count). The number of carbonyl (C=O) groups is 1. The maximum atomic E-state index is 13.4. The molecule has 0 aliphatic heterocycles. The number of primary amides is 1. The number of halogens is 1. The number of amides is 1. The summed E-state index contributed by atoms with van der Waals surface area (Å²) in [6, 6.07) is 0. The lowest BCUT2D eigenvalue weighted by Gasteiger charge is -2.18. The lowest BCUT2D eigenvalue weighted by atomic mass is 9.95. The predicted molar refractivity (Wildman–Crippen MR) is 42.8 cm³/mol. The van der Waals surface area contributed by atoms with Gasteiger partial charge in [-0.1, -0.05) is 20.3 Å². The molecule has 0 spiro atoms. The highest BCUT2D eigenvalue weighted by molar-refractivity contribution is 5.83. The zero-order chi connectivity index (χ0) is 8.91. The molecule has 0 aromatic heterocycles. The smallest absolute Gasteiger partial charge is 0.255 e. The molecule has 0 radical (unpaired) electrons. The van der Waals surface area contributed by atoms with Crippen molar-refractivity contribution in [3.63, 3.8) is 0 Å². The highest BCUT2D eigenvalue weighted by Crippen LogP contribution is 2.22. The number of carbonyl (C=O) groups excluding carboxylic acids is 1. The first-order chi connectivity index (χ1) is 5.06. The Hall–Kier alpha value is -0.600. The highest BCUT2D eigenvalue weighted by atomic mass is 19.1. The van der Waals surface area contributed by atoms with E-state index in [2.05, 4.69) is 0 Å². The van der Waals surface area contributed by atoms with Crippen LogP contribution in [-0.4, -0.2) is 11.6 Å². The average Bonchev–Trinajstić information content (AvgIpc) is 2.00. The molecule has 1 atom stereocenters. The van der Waals surface area contributed by atoms with Crippen LogP contribution in [0.4, 0.5) is 4.39 Å². The molecule has 11 heavy (non-hydrogen) atoms. The first kappa shape index (κ1) is 10.4. The fourth-order valence-corrected chi connectivity index (χ4v) is 0.931. The zero-order valence-electron chi connectivity index (χ0n) is 7.19. The fraction of sp³-hybridized carbons (Fsp3) is 0.875. The number of nitrogens with two attached hydrogens (primary N) is 1. The van der Waals surface area contributed by atoms with Crippen LogP contribution in [0.2, 0.25) is 0 Å². The van der Waals surface area contributed by atoms with Crippen LogP contribution < -0.4 is 5.73 Å². The molecule has 2 nitrogen and oxygen atoms in total. The van der Waals surface area contributed by atoms with Gasteiger partial charge in [0, 0.05) is 0 Å². The minimum absolute atomic E-state index is 0.183. The normalized spacial score (nSPS) is 15.9. The van der Waals surface area contributed by atoms with E-state index in [9.17, 15) is 9.18 Å². The molecular weight excluding hydrogens is 145 g/mol. The van der Waals surface area contributed by atoms with Crippen molar-refractivity contribution < 1.29 is 9.18 Å². The summed E-state index contributed by atoms with van der Waals surface area (Å²) >= 11 is 0. The Morgan fingerprint density at radius 2 is 2.09 bits per heavy atom. The molecule has 0 aliphatic rings. The number of hydrogen-bond donors (Lipinski definition) is 1. The number of unbranched alkanes of at least 4 members (excludes halogenated alkanes) is 1. The fourth-order valence-electron chi connectivity index (χ4n) is 0.931. The number of hydrogen-bond acceptors (Lipinski definition) is 1. The summed E-state index contributed by atoms with van der Waals surface area (Å²) in [5.74, 6) is -0.826. The van der Waals surface area contributed by atoms with Gasteiger partial charge in [0.05, 0.1) is 0 Å². The molecule has 66 valence electrons. The Bertz CT molecular complexity index is 138. The first-order valence-electron chi connectivity index (χ1n) is 4.05. The van der Waals surface area contributed by atoms with Crippen LogP contribution in [-0.2, 0) is 4.79 Å². The van der Waals surface area contributed by atoms with E-state index < -0.39 is 11.6 Å². The van der Waals surface area contributed by atoms with E-state index in [1.807, 2.05) is 6.92 Å². The van der Waals surface area contributed by atoms with Gasteiger partial charge in [0.2, 0.25) is 0 Å². The minimum Gasteiger partial charge on any atom is -0.367 e. The first-order valence-corrected chi connectivity index (χ1v) is 4.05. The topological polar surface area (TPSA) is 43.1 Å². The summed E-state index contributed by atoms with van der Waals surface area (Å²) < 4.78 is 13.4. The van der Waals surface area contributed by atoms with E-state index in [4.69, 9.17) is 5.73 Å². The van der Waals surface area contributed by atoms with Crippen LogP contribution in [0.5, 0.6) is 0 Å². The minimum atomic E-state index is -1.77. The van der Waals surface area contributed by atoms with Crippen molar-refractivity contribution >= 4 is 5.91 Å². The van der Waals surface area contributed by atoms with Crippen molar-refractivity contribution in [2.75, 3.05) is 0 Å². The van der Waals surface area contributed by atoms with E-state index in [0.717, 1.165) is 6.42 Å². The van der Waals surface area contributed by atoms with Gasteiger partial charge in [0.1, 0.15) is 0 Å². The van der Waals surface area contributed by atoms with E-state index in [1.165, 1.54) is 0 Å². The third-order valence-corrected chi connectivity index (χ3v) is 1.93. The van der Waals surface area contributed by atoms with Crippen LogP contribution in [0.1, 0.15) is 39.5 Å².